The molecule has 0 saturated carbocycles. The third kappa shape index (κ3) is 2.76. The molecule has 0 bridgehead atoms. The minimum atomic E-state index is -1.58. The second-order valence-corrected chi connectivity index (χ2v) is 5.13. The second kappa shape index (κ2) is 6.94. The Morgan fingerprint density at radius 2 is 1.90 bits per heavy atom. The van der Waals surface area contributed by atoms with Crippen LogP contribution in [0.4, 0.5) is 0 Å². The van der Waals surface area contributed by atoms with Crippen LogP contribution in [0.5, 0.6) is 0 Å². The number of hydrogen-bond donors (Lipinski definition) is 1. The van der Waals surface area contributed by atoms with Gasteiger partial charge in [0, 0.05) is 6.54 Å². The molecule has 1 amide bonds. The standard InChI is InChI=1S/C12H19NO6S/c1-4-18-10(16)9(15)13-7-6-8(14)12(13,20-3)11(17)19-5-2/h8,14H,4-7H2,1-3H3/t8-,12-/m1/s1. The average molecular weight is 305 g/mol. The van der Waals surface area contributed by atoms with Gasteiger partial charge in [-0.2, -0.15) is 0 Å². The van der Waals surface area contributed by atoms with Crippen LogP contribution >= 0.6 is 11.8 Å². The van der Waals surface area contributed by atoms with Crippen LogP contribution in [-0.2, 0) is 23.9 Å². The summed E-state index contributed by atoms with van der Waals surface area (Å²) in [4.78, 5) is 35.3. The summed E-state index contributed by atoms with van der Waals surface area (Å²) >= 11 is 0.981. The molecule has 1 heterocycles. The molecule has 114 valence electrons. The summed E-state index contributed by atoms with van der Waals surface area (Å²) in [7, 11) is 0. The number of ether oxygens (including phenoxy) is 2. The fraction of sp³-hybridized carbons (Fsp3) is 0.750. The fourth-order valence-electron chi connectivity index (χ4n) is 2.16. The van der Waals surface area contributed by atoms with Crippen LogP contribution in [0.25, 0.3) is 0 Å². The lowest BCUT2D eigenvalue weighted by Gasteiger charge is -2.35. The van der Waals surface area contributed by atoms with E-state index in [1.54, 1.807) is 20.1 Å². The predicted molar refractivity (Wildman–Crippen MR) is 71.8 cm³/mol. The van der Waals surface area contributed by atoms with Crippen LogP contribution in [0, 0.1) is 0 Å². The first-order chi connectivity index (χ1) is 9.45. The normalized spacial score (nSPS) is 25.4. The van der Waals surface area contributed by atoms with Crippen molar-refractivity contribution < 1.29 is 29.0 Å². The van der Waals surface area contributed by atoms with Gasteiger partial charge in [-0.3, -0.25) is 4.79 Å². The van der Waals surface area contributed by atoms with Gasteiger partial charge in [0.15, 0.2) is 0 Å². The molecule has 0 aromatic rings. The summed E-state index contributed by atoms with van der Waals surface area (Å²) in [6.45, 7) is 3.49. The van der Waals surface area contributed by atoms with Gasteiger partial charge in [-0.05, 0) is 26.5 Å². The van der Waals surface area contributed by atoms with Crippen molar-refractivity contribution in [3.05, 3.63) is 0 Å². The summed E-state index contributed by atoms with van der Waals surface area (Å²) in [5, 5.41) is 10.1. The van der Waals surface area contributed by atoms with Crippen molar-refractivity contribution in [1.29, 1.82) is 0 Å². The maximum atomic E-state index is 12.2. The molecular formula is C12H19NO6S. The van der Waals surface area contributed by atoms with Crippen LogP contribution in [0.1, 0.15) is 20.3 Å². The van der Waals surface area contributed by atoms with Gasteiger partial charge in [0.05, 0.1) is 19.3 Å². The number of hydrogen-bond acceptors (Lipinski definition) is 7. The van der Waals surface area contributed by atoms with Gasteiger partial charge in [-0.15, -0.1) is 11.8 Å². The van der Waals surface area contributed by atoms with Crippen LogP contribution in [0.2, 0.25) is 0 Å². The number of likely N-dealkylation sites (tertiary alicyclic amines) is 1. The molecule has 1 N–H and O–H groups in total. The molecule has 0 aromatic heterocycles. The summed E-state index contributed by atoms with van der Waals surface area (Å²) in [6, 6.07) is 0. The number of esters is 2. The van der Waals surface area contributed by atoms with Crippen molar-refractivity contribution in [2.24, 2.45) is 0 Å². The van der Waals surface area contributed by atoms with Crippen LogP contribution < -0.4 is 0 Å². The molecule has 1 aliphatic heterocycles. The lowest BCUT2D eigenvalue weighted by atomic mass is 10.1. The Bertz CT molecular complexity index is 401. The number of aliphatic hydroxyl groups excluding tert-OH is 1. The molecule has 20 heavy (non-hydrogen) atoms. The average Bonchev–Trinajstić information content (AvgIpc) is 2.76. The van der Waals surface area contributed by atoms with Crippen molar-refractivity contribution in [1.82, 2.24) is 4.90 Å². The highest BCUT2D eigenvalue weighted by atomic mass is 32.2. The second-order valence-electron chi connectivity index (χ2n) is 4.10. The number of carbonyl (C=O) groups excluding carboxylic acids is 3. The topological polar surface area (TPSA) is 93.1 Å². The van der Waals surface area contributed by atoms with Gasteiger partial charge in [0.25, 0.3) is 0 Å². The minimum absolute atomic E-state index is 0.0621. The molecule has 0 aliphatic carbocycles. The van der Waals surface area contributed by atoms with Crippen LogP contribution in [0.3, 0.4) is 0 Å². The third-order valence-electron chi connectivity index (χ3n) is 3.05. The van der Waals surface area contributed by atoms with E-state index in [4.69, 9.17) is 4.74 Å². The van der Waals surface area contributed by atoms with Crippen molar-refractivity contribution >= 4 is 29.6 Å². The molecule has 1 fully saturated rings. The lowest BCUT2D eigenvalue weighted by Crippen LogP contribution is -2.58. The summed E-state index contributed by atoms with van der Waals surface area (Å²) in [6.07, 6.45) is 0.691. The number of aliphatic hydroxyl groups is 1. The molecule has 0 radical (unpaired) electrons. The molecule has 1 saturated heterocycles. The van der Waals surface area contributed by atoms with E-state index in [-0.39, 0.29) is 26.2 Å². The molecule has 2 atom stereocenters. The Morgan fingerprint density at radius 1 is 1.30 bits per heavy atom. The van der Waals surface area contributed by atoms with E-state index in [2.05, 4.69) is 4.74 Å². The first-order valence-corrected chi connectivity index (χ1v) is 7.57. The van der Waals surface area contributed by atoms with E-state index in [9.17, 15) is 19.5 Å². The van der Waals surface area contributed by atoms with E-state index in [1.807, 2.05) is 0 Å². The van der Waals surface area contributed by atoms with Gasteiger partial charge in [-0.25, -0.2) is 9.59 Å². The monoisotopic (exact) mass is 305 g/mol. The lowest BCUT2D eigenvalue weighted by molar-refractivity contribution is -0.166. The van der Waals surface area contributed by atoms with E-state index < -0.39 is 28.8 Å². The first-order valence-electron chi connectivity index (χ1n) is 6.34. The van der Waals surface area contributed by atoms with Gasteiger partial charge < -0.3 is 19.5 Å². The van der Waals surface area contributed by atoms with E-state index in [1.165, 1.54) is 0 Å². The van der Waals surface area contributed by atoms with Crippen molar-refractivity contribution in [2.75, 3.05) is 26.0 Å². The molecule has 0 aromatic carbocycles. The zero-order valence-corrected chi connectivity index (χ0v) is 12.6. The Labute approximate surface area is 121 Å². The molecule has 7 nitrogen and oxygen atoms in total. The maximum absolute atomic E-state index is 12.2. The number of amides is 1. The zero-order valence-electron chi connectivity index (χ0n) is 11.7. The van der Waals surface area contributed by atoms with Gasteiger partial charge in [0.1, 0.15) is 0 Å². The van der Waals surface area contributed by atoms with E-state index >= 15 is 0 Å². The Morgan fingerprint density at radius 3 is 2.40 bits per heavy atom. The Balaban J connectivity index is 3.07. The molecule has 0 spiro atoms. The predicted octanol–water partition coefficient (Wildman–Crippen LogP) is -0.235. The van der Waals surface area contributed by atoms with Crippen molar-refractivity contribution in [3.8, 4) is 0 Å². The number of carbonyl (C=O) groups is 3. The first kappa shape index (κ1) is 16.8. The van der Waals surface area contributed by atoms with E-state index in [0.29, 0.717) is 0 Å². The van der Waals surface area contributed by atoms with Gasteiger partial charge in [0.2, 0.25) is 4.87 Å². The highest BCUT2D eigenvalue weighted by molar-refractivity contribution is 8.00. The molecule has 1 rings (SSSR count). The van der Waals surface area contributed by atoms with Crippen LogP contribution in [-0.4, -0.2) is 64.8 Å². The Hall–Kier alpha value is -1.28. The Kier molecular flexibility index (Phi) is 5.82. The smallest absolute Gasteiger partial charge is 0.397 e. The molecule has 0 unspecified atom stereocenters. The SMILES string of the molecule is CCOC(=O)C(=O)N1CC[C@@H](O)[C@@]1(SC)C(=O)OCC. The summed E-state index contributed by atoms with van der Waals surface area (Å²) in [5.74, 6) is -2.70. The fourth-order valence-corrected chi connectivity index (χ4v) is 3.17. The third-order valence-corrected chi connectivity index (χ3v) is 4.33. The highest BCUT2D eigenvalue weighted by Crippen LogP contribution is 2.39. The highest BCUT2D eigenvalue weighted by Gasteiger charge is 2.58. The van der Waals surface area contributed by atoms with Gasteiger partial charge in [-0.1, -0.05) is 0 Å². The minimum Gasteiger partial charge on any atom is -0.464 e. The van der Waals surface area contributed by atoms with Crippen molar-refractivity contribution in [3.63, 3.8) is 0 Å². The summed E-state index contributed by atoms with van der Waals surface area (Å²) in [5.41, 5.74) is 0. The van der Waals surface area contributed by atoms with Gasteiger partial charge >= 0.3 is 17.8 Å². The number of nitrogens with zero attached hydrogens (tertiary/aromatic N) is 1. The van der Waals surface area contributed by atoms with E-state index in [0.717, 1.165) is 16.7 Å². The zero-order chi connectivity index (χ0) is 15.3. The number of rotatable bonds is 4. The van der Waals surface area contributed by atoms with Crippen molar-refractivity contribution in [2.45, 2.75) is 31.2 Å². The molecule has 1 aliphatic rings. The molecular weight excluding hydrogens is 286 g/mol. The van der Waals surface area contributed by atoms with Crippen LogP contribution in [0.15, 0.2) is 0 Å². The maximum Gasteiger partial charge on any atom is 0.397 e. The summed E-state index contributed by atoms with van der Waals surface area (Å²) < 4.78 is 9.60. The molecule has 8 heteroatoms. The quantitative estimate of drug-likeness (QED) is 0.566. The number of thioether (sulfide) groups is 1. The largest absolute Gasteiger partial charge is 0.464 e.